The quantitative estimate of drug-likeness (QED) is 0.571. The minimum atomic E-state index is 0.268. The highest BCUT2D eigenvalue weighted by Gasteiger charge is 2.07. The summed E-state index contributed by atoms with van der Waals surface area (Å²) in [6.45, 7) is 0.721. The first-order valence-corrected chi connectivity index (χ1v) is 8.63. The third-order valence-corrected chi connectivity index (χ3v) is 4.36. The molecule has 3 N–H and O–H groups in total. The van der Waals surface area contributed by atoms with Gasteiger partial charge < -0.3 is 11.1 Å². The highest BCUT2D eigenvalue weighted by molar-refractivity contribution is 5.64. The summed E-state index contributed by atoms with van der Waals surface area (Å²) in [4.78, 5) is 4.20. The summed E-state index contributed by atoms with van der Waals surface area (Å²) in [6, 6.07) is 24.2. The van der Waals surface area contributed by atoms with Crippen LogP contribution < -0.4 is 11.1 Å². The molecule has 4 aromatic rings. The zero-order valence-corrected chi connectivity index (χ0v) is 14.6. The lowest BCUT2D eigenvalue weighted by Crippen LogP contribution is -2.00. The lowest BCUT2D eigenvalue weighted by atomic mass is 10.1. The molecule has 0 aliphatic heterocycles. The molecule has 0 spiro atoms. The molecular formula is C21H18N6. The third-order valence-electron chi connectivity index (χ3n) is 4.36. The SMILES string of the molecule is N#CCc1ccc(NCc2ccc(-c3cccc4nc(N)nn34)cc2)cc1. The molecule has 0 fully saturated rings. The number of nitriles is 1. The first-order valence-electron chi connectivity index (χ1n) is 8.63. The molecule has 2 aromatic carbocycles. The van der Waals surface area contributed by atoms with Crippen LogP contribution in [0.25, 0.3) is 16.9 Å². The summed E-state index contributed by atoms with van der Waals surface area (Å²) in [5.74, 6) is 0.268. The summed E-state index contributed by atoms with van der Waals surface area (Å²) in [6.07, 6.45) is 0.436. The molecule has 0 amide bonds. The molecule has 0 aliphatic rings. The van der Waals surface area contributed by atoms with Gasteiger partial charge in [0, 0.05) is 17.8 Å². The molecule has 6 nitrogen and oxygen atoms in total. The van der Waals surface area contributed by atoms with Crippen molar-refractivity contribution in [3.63, 3.8) is 0 Å². The number of nitrogens with zero attached hydrogens (tertiary/aromatic N) is 4. The van der Waals surface area contributed by atoms with Crippen molar-refractivity contribution in [2.75, 3.05) is 11.1 Å². The average molecular weight is 354 g/mol. The predicted molar refractivity (Wildman–Crippen MR) is 106 cm³/mol. The first kappa shape index (κ1) is 16.6. The number of fused-ring (bicyclic) bond motifs is 1. The van der Waals surface area contributed by atoms with Gasteiger partial charge in [-0.05, 0) is 35.4 Å². The number of aromatic nitrogens is 3. The summed E-state index contributed by atoms with van der Waals surface area (Å²) in [7, 11) is 0. The van der Waals surface area contributed by atoms with E-state index < -0.39 is 0 Å². The molecule has 6 heteroatoms. The number of hydrogen-bond acceptors (Lipinski definition) is 5. The Morgan fingerprint density at radius 2 is 1.70 bits per heavy atom. The summed E-state index contributed by atoms with van der Waals surface area (Å²) >= 11 is 0. The second-order valence-corrected chi connectivity index (χ2v) is 6.23. The molecule has 132 valence electrons. The molecule has 0 saturated carbocycles. The van der Waals surface area contributed by atoms with Gasteiger partial charge in [-0.1, -0.05) is 42.5 Å². The highest BCUT2D eigenvalue weighted by Crippen LogP contribution is 2.21. The van der Waals surface area contributed by atoms with Gasteiger partial charge in [-0.3, -0.25) is 0 Å². The number of rotatable bonds is 5. The summed E-state index contributed by atoms with van der Waals surface area (Å²) in [5, 5.41) is 16.4. The van der Waals surface area contributed by atoms with Gasteiger partial charge in [0.05, 0.1) is 18.2 Å². The van der Waals surface area contributed by atoms with E-state index in [2.05, 4.69) is 45.7 Å². The van der Waals surface area contributed by atoms with Crippen LogP contribution in [-0.2, 0) is 13.0 Å². The fourth-order valence-electron chi connectivity index (χ4n) is 2.97. The van der Waals surface area contributed by atoms with Crippen molar-refractivity contribution in [3.8, 4) is 17.3 Å². The topological polar surface area (TPSA) is 92.0 Å². The van der Waals surface area contributed by atoms with Crippen LogP contribution in [0.3, 0.4) is 0 Å². The predicted octanol–water partition coefficient (Wildman–Crippen LogP) is 3.66. The van der Waals surface area contributed by atoms with E-state index in [-0.39, 0.29) is 5.95 Å². The smallest absolute Gasteiger partial charge is 0.240 e. The molecule has 4 rings (SSSR count). The number of nitrogens with one attached hydrogen (secondary N) is 1. The third kappa shape index (κ3) is 3.58. The van der Waals surface area contributed by atoms with Crippen molar-refractivity contribution in [3.05, 3.63) is 77.9 Å². The van der Waals surface area contributed by atoms with Crippen LogP contribution in [0.4, 0.5) is 11.6 Å². The maximum Gasteiger partial charge on any atom is 0.240 e. The van der Waals surface area contributed by atoms with Crippen LogP contribution in [0.2, 0.25) is 0 Å². The first-order chi connectivity index (χ1) is 13.2. The maximum absolute atomic E-state index is 8.72. The average Bonchev–Trinajstić information content (AvgIpc) is 3.08. The number of benzene rings is 2. The Morgan fingerprint density at radius 1 is 0.963 bits per heavy atom. The van der Waals surface area contributed by atoms with Crippen molar-refractivity contribution < 1.29 is 0 Å². The van der Waals surface area contributed by atoms with E-state index in [9.17, 15) is 0 Å². The molecule has 0 unspecified atom stereocenters. The lowest BCUT2D eigenvalue weighted by Gasteiger charge is -2.09. The Balaban J connectivity index is 1.48. The molecule has 0 saturated heterocycles. The summed E-state index contributed by atoms with van der Waals surface area (Å²) in [5.41, 5.74) is 11.7. The van der Waals surface area contributed by atoms with Crippen LogP contribution >= 0.6 is 0 Å². The Hall–Kier alpha value is -3.85. The standard InChI is InChI=1S/C21H18N6/c22-13-12-15-6-10-18(11-7-15)24-14-16-4-8-17(9-5-16)19-2-1-3-20-25-21(23)26-27(19)20/h1-11,24H,12,14H2,(H2,23,26). The largest absolute Gasteiger partial charge is 0.381 e. The Kier molecular flexibility index (Phi) is 4.42. The van der Waals surface area contributed by atoms with Crippen LogP contribution in [-0.4, -0.2) is 14.6 Å². The normalized spacial score (nSPS) is 10.6. The van der Waals surface area contributed by atoms with Crippen molar-refractivity contribution >= 4 is 17.3 Å². The van der Waals surface area contributed by atoms with Gasteiger partial charge in [0.15, 0.2) is 5.65 Å². The fourth-order valence-corrected chi connectivity index (χ4v) is 2.97. The van der Waals surface area contributed by atoms with E-state index in [0.29, 0.717) is 6.42 Å². The number of nitrogens with two attached hydrogens (primary N) is 1. The Labute approximate surface area is 156 Å². The monoisotopic (exact) mass is 354 g/mol. The molecular weight excluding hydrogens is 336 g/mol. The van der Waals surface area contributed by atoms with Gasteiger partial charge in [-0.2, -0.15) is 10.2 Å². The van der Waals surface area contributed by atoms with Crippen molar-refractivity contribution in [2.24, 2.45) is 0 Å². The van der Waals surface area contributed by atoms with Gasteiger partial charge in [0.1, 0.15) is 0 Å². The van der Waals surface area contributed by atoms with Crippen molar-refractivity contribution in [2.45, 2.75) is 13.0 Å². The number of pyridine rings is 1. The van der Waals surface area contributed by atoms with Crippen LogP contribution in [0, 0.1) is 11.3 Å². The number of hydrogen-bond donors (Lipinski definition) is 2. The molecule has 27 heavy (non-hydrogen) atoms. The molecule has 0 radical (unpaired) electrons. The molecule has 0 atom stereocenters. The second kappa shape index (κ2) is 7.18. The maximum atomic E-state index is 8.72. The summed E-state index contributed by atoms with van der Waals surface area (Å²) < 4.78 is 1.76. The number of anilines is 2. The van der Waals surface area contributed by atoms with Crippen LogP contribution in [0.15, 0.2) is 66.7 Å². The second-order valence-electron chi connectivity index (χ2n) is 6.23. The Bertz CT molecular complexity index is 1100. The van der Waals surface area contributed by atoms with Crippen LogP contribution in [0.1, 0.15) is 11.1 Å². The van der Waals surface area contributed by atoms with E-state index in [1.807, 2.05) is 42.5 Å². The van der Waals surface area contributed by atoms with E-state index in [0.717, 1.165) is 34.7 Å². The van der Waals surface area contributed by atoms with E-state index in [1.54, 1.807) is 4.52 Å². The van der Waals surface area contributed by atoms with E-state index in [4.69, 9.17) is 11.0 Å². The van der Waals surface area contributed by atoms with Crippen molar-refractivity contribution in [1.82, 2.24) is 14.6 Å². The zero-order chi connectivity index (χ0) is 18.6. The van der Waals surface area contributed by atoms with Gasteiger partial charge >= 0.3 is 0 Å². The minimum Gasteiger partial charge on any atom is -0.381 e. The molecule has 2 aromatic heterocycles. The van der Waals surface area contributed by atoms with Gasteiger partial charge in [-0.25, -0.2) is 4.52 Å². The van der Waals surface area contributed by atoms with E-state index >= 15 is 0 Å². The fraction of sp³-hybridized carbons (Fsp3) is 0.0952. The molecule has 2 heterocycles. The van der Waals surface area contributed by atoms with E-state index in [1.165, 1.54) is 5.56 Å². The Morgan fingerprint density at radius 3 is 2.44 bits per heavy atom. The minimum absolute atomic E-state index is 0.268. The zero-order valence-electron chi connectivity index (χ0n) is 14.6. The van der Waals surface area contributed by atoms with Gasteiger partial charge in [0.25, 0.3) is 0 Å². The molecule has 0 bridgehead atoms. The number of nitrogen functional groups attached to an aromatic ring is 1. The van der Waals surface area contributed by atoms with Gasteiger partial charge in [0.2, 0.25) is 5.95 Å². The highest BCUT2D eigenvalue weighted by atomic mass is 15.3. The lowest BCUT2D eigenvalue weighted by molar-refractivity contribution is 0.976. The van der Waals surface area contributed by atoms with Crippen molar-refractivity contribution in [1.29, 1.82) is 5.26 Å². The van der Waals surface area contributed by atoms with Gasteiger partial charge in [-0.15, -0.1) is 5.10 Å². The van der Waals surface area contributed by atoms with Crippen LogP contribution in [0.5, 0.6) is 0 Å². The molecule has 0 aliphatic carbocycles.